The minimum atomic E-state index is 0.237. The lowest BCUT2D eigenvalue weighted by atomic mass is 9.66. The molecule has 0 aliphatic heterocycles. The summed E-state index contributed by atoms with van der Waals surface area (Å²) in [6, 6.07) is 0. The Balaban J connectivity index is 2.42. The van der Waals surface area contributed by atoms with Crippen molar-refractivity contribution in [3.8, 4) is 0 Å². The highest BCUT2D eigenvalue weighted by Crippen LogP contribution is 2.45. The van der Waals surface area contributed by atoms with Gasteiger partial charge in [-0.05, 0) is 26.7 Å². The summed E-state index contributed by atoms with van der Waals surface area (Å²) < 4.78 is 11.1. The van der Waals surface area contributed by atoms with Crippen LogP contribution in [0.25, 0.3) is 0 Å². The molecular formula is C13H22O2. The third kappa shape index (κ3) is 3.47. The lowest BCUT2D eigenvalue weighted by Crippen LogP contribution is -2.40. The summed E-state index contributed by atoms with van der Waals surface area (Å²) in [6.07, 6.45) is 6.16. The van der Waals surface area contributed by atoms with Crippen LogP contribution in [0.4, 0.5) is 0 Å². The van der Waals surface area contributed by atoms with Gasteiger partial charge in [0, 0.05) is 18.6 Å². The molecule has 0 atom stereocenters. The van der Waals surface area contributed by atoms with E-state index in [1.165, 1.54) is 5.57 Å². The monoisotopic (exact) mass is 210 g/mol. The first-order chi connectivity index (χ1) is 7.26. The van der Waals surface area contributed by atoms with Crippen LogP contribution in [0.2, 0.25) is 0 Å². The van der Waals surface area contributed by atoms with Crippen molar-refractivity contribution in [2.75, 3.05) is 26.4 Å². The maximum absolute atomic E-state index is 5.53. The van der Waals surface area contributed by atoms with Crippen molar-refractivity contribution in [3.05, 3.63) is 24.3 Å². The molecule has 15 heavy (non-hydrogen) atoms. The first-order valence-corrected chi connectivity index (χ1v) is 5.72. The van der Waals surface area contributed by atoms with Crippen molar-refractivity contribution in [3.63, 3.8) is 0 Å². The summed E-state index contributed by atoms with van der Waals surface area (Å²) >= 11 is 0. The van der Waals surface area contributed by atoms with E-state index in [2.05, 4.69) is 12.7 Å². The Bertz CT molecular complexity index is 213. The second kappa shape index (κ2) is 6.09. The van der Waals surface area contributed by atoms with Gasteiger partial charge < -0.3 is 9.47 Å². The van der Waals surface area contributed by atoms with Crippen molar-refractivity contribution in [2.24, 2.45) is 5.41 Å². The number of ether oxygens (including phenoxy) is 2. The van der Waals surface area contributed by atoms with Crippen LogP contribution in [0, 0.1) is 5.41 Å². The number of hydrogen-bond acceptors (Lipinski definition) is 2. The van der Waals surface area contributed by atoms with Crippen molar-refractivity contribution in [1.29, 1.82) is 0 Å². The standard InChI is InChI=1S/C13H22O2/c1-4-7-12-8-13(9-12,10-14-5-2)11-15-6-3/h4,7H,1,5-6,8-11H2,2-3H3. The highest BCUT2D eigenvalue weighted by Gasteiger charge is 2.40. The molecular weight excluding hydrogens is 188 g/mol. The highest BCUT2D eigenvalue weighted by molar-refractivity contribution is 5.23. The van der Waals surface area contributed by atoms with E-state index in [0.29, 0.717) is 0 Å². The zero-order valence-electron chi connectivity index (χ0n) is 9.92. The third-order valence-corrected chi connectivity index (χ3v) is 2.78. The molecule has 1 fully saturated rings. The second-order valence-corrected chi connectivity index (χ2v) is 4.19. The smallest absolute Gasteiger partial charge is 0.0550 e. The molecule has 1 aliphatic carbocycles. The molecule has 1 rings (SSSR count). The number of allylic oxidation sites excluding steroid dienone is 3. The van der Waals surface area contributed by atoms with Crippen LogP contribution in [0.15, 0.2) is 24.3 Å². The predicted octanol–water partition coefficient (Wildman–Crippen LogP) is 2.95. The Hall–Kier alpha value is -0.600. The Morgan fingerprint density at radius 1 is 1.20 bits per heavy atom. The van der Waals surface area contributed by atoms with Crippen LogP contribution in [0.5, 0.6) is 0 Å². The topological polar surface area (TPSA) is 18.5 Å². The average Bonchev–Trinajstić information content (AvgIpc) is 2.19. The summed E-state index contributed by atoms with van der Waals surface area (Å²) in [6.45, 7) is 11.0. The molecule has 0 radical (unpaired) electrons. The third-order valence-electron chi connectivity index (χ3n) is 2.78. The molecule has 0 heterocycles. The van der Waals surface area contributed by atoms with Crippen LogP contribution >= 0.6 is 0 Å². The van der Waals surface area contributed by atoms with Crippen LogP contribution in [-0.2, 0) is 9.47 Å². The maximum Gasteiger partial charge on any atom is 0.0550 e. The quantitative estimate of drug-likeness (QED) is 0.643. The van der Waals surface area contributed by atoms with Crippen LogP contribution < -0.4 is 0 Å². The molecule has 0 aromatic rings. The van der Waals surface area contributed by atoms with Gasteiger partial charge in [-0.25, -0.2) is 0 Å². The molecule has 86 valence electrons. The van der Waals surface area contributed by atoms with E-state index in [-0.39, 0.29) is 5.41 Å². The van der Waals surface area contributed by atoms with Crippen molar-refractivity contribution in [2.45, 2.75) is 26.7 Å². The van der Waals surface area contributed by atoms with Crippen molar-refractivity contribution >= 4 is 0 Å². The minimum Gasteiger partial charge on any atom is -0.381 e. The molecule has 0 aromatic carbocycles. The van der Waals surface area contributed by atoms with Gasteiger partial charge in [-0.3, -0.25) is 0 Å². The first-order valence-electron chi connectivity index (χ1n) is 5.72. The van der Waals surface area contributed by atoms with Crippen molar-refractivity contribution in [1.82, 2.24) is 0 Å². The summed E-state index contributed by atoms with van der Waals surface area (Å²) in [4.78, 5) is 0. The second-order valence-electron chi connectivity index (χ2n) is 4.19. The van der Waals surface area contributed by atoms with Gasteiger partial charge in [-0.15, -0.1) is 0 Å². The molecule has 0 saturated heterocycles. The van der Waals surface area contributed by atoms with E-state index in [1.54, 1.807) is 0 Å². The molecule has 0 aromatic heterocycles. The fourth-order valence-electron chi connectivity index (χ4n) is 2.08. The Morgan fingerprint density at radius 2 is 1.73 bits per heavy atom. The first kappa shape index (κ1) is 12.5. The normalized spacial score (nSPS) is 18.4. The van der Waals surface area contributed by atoms with Gasteiger partial charge in [-0.1, -0.05) is 24.3 Å². The van der Waals surface area contributed by atoms with Gasteiger partial charge in [0.05, 0.1) is 13.2 Å². The Labute approximate surface area is 93.0 Å². The zero-order valence-corrected chi connectivity index (χ0v) is 9.92. The minimum absolute atomic E-state index is 0.237. The fourth-order valence-corrected chi connectivity index (χ4v) is 2.08. The molecule has 2 heteroatoms. The summed E-state index contributed by atoms with van der Waals surface area (Å²) in [5, 5.41) is 0. The summed E-state index contributed by atoms with van der Waals surface area (Å²) in [5.74, 6) is 0. The average molecular weight is 210 g/mol. The SMILES string of the molecule is C=CC=C1CC(COCC)(COCC)C1. The van der Waals surface area contributed by atoms with Crippen molar-refractivity contribution < 1.29 is 9.47 Å². The van der Waals surface area contributed by atoms with E-state index >= 15 is 0 Å². The van der Waals surface area contributed by atoms with Gasteiger partial charge >= 0.3 is 0 Å². The van der Waals surface area contributed by atoms with Crippen LogP contribution in [0.1, 0.15) is 26.7 Å². The number of hydrogen-bond donors (Lipinski definition) is 0. The summed E-state index contributed by atoms with van der Waals surface area (Å²) in [7, 11) is 0. The summed E-state index contributed by atoms with van der Waals surface area (Å²) in [5.41, 5.74) is 1.70. The molecule has 0 bridgehead atoms. The molecule has 0 spiro atoms. The zero-order chi connectivity index (χ0) is 11.1. The predicted molar refractivity (Wildman–Crippen MR) is 62.9 cm³/mol. The van der Waals surface area contributed by atoms with E-state index in [1.807, 2.05) is 19.9 Å². The van der Waals surface area contributed by atoms with Gasteiger partial charge in [0.25, 0.3) is 0 Å². The Morgan fingerprint density at radius 3 is 2.13 bits per heavy atom. The van der Waals surface area contributed by atoms with Crippen LogP contribution in [0.3, 0.4) is 0 Å². The van der Waals surface area contributed by atoms with Gasteiger partial charge in [-0.2, -0.15) is 0 Å². The maximum atomic E-state index is 5.53. The largest absolute Gasteiger partial charge is 0.381 e. The lowest BCUT2D eigenvalue weighted by Gasteiger charge is -2.43. The van der Waals surface area contributed by atoms with E-state index in [9.17, 15) is 0 Å². The molecule has 0 unspecified atom stereocenters. The fraction of sp³-hybridized carbons (Fsp3) is 0.692. The lowest BCUT2D eigenvalue weighted by molar-refractivity contribution is -0.0386. The molecule has 0 N–H and O–H groups in total. The van der Waals surface area contributed by atoms with E-state index in [4.69, 9.17) is 9.47 Å². The molecule has 1 saturated carbocycles. The highest BCUT2D eigenvalue weighted by atomic mass is 16.5. The molecule has 2 nitrogen and oxygen atoms in total. The van der Waals surface area contributed by atoms with Gasteiger partial charge in [0.2, 0.25) is 0 Å². The molecule has 0 amide bonds. The van der Waals surface area contributed by atoms with Crippen LogP contribution in [-0.4, -0.2) is 26.4 Å². The Kier molecular flexibility index (Phi) is 5.06. The molecule has 1 aliphatic rings. The van der Waals surface area contributed by atoms with Gasteiger partial charge in [0.1, 0.15) is 0 Å². The van der Waals surface area contributed by atoms with Gasteiger partial charge in [0.15, 0.2) is 0 Å². The van der Waals surface area contributed by atoms with E-state index in [0.717, 1.165) is 39.3 Å². The van der Waals surface area contributed by atoms with E-state index < -0.39 is 0 Å². The number of rotatable bonds is 7.